The quantitative estimate of drug-likeness (QED) is 0.629. The molecule has 0 atom stereocenters. The maximum atomic E-state index is 11.6. The van der Waals surface area contributed by atoms with Crippen molar-refractivity contribution in [3.63, 3.8) is 0 Å². The molecule has 0 unspecified atom stereocenters. The Hall–Kier alpha value is -1.05. The molecule has 0 saturated carbocycles. The van der Waals surface area contributed by atoms with Crippen LogP contribution in [0.1, 0.15) is 23.8 Å². The first-order valence-corrected chi connectivity index (χ1v) is 5.32. The number of aliphatic hydroxyl groups excluding tert-OH is 2. The van der Waals surface area contributed by atoms with Gasteiger partial charge in [-0.2, -0.15) is 0 Å². The van der Waals surface area contributed by atoms with Gasteiger partial charge in [-0.05, 0) is 18.0 Å². The maximum Gasteiger partial charge on any atom is 0.273 e. The van der Waals surface area contributed by atoms with Gasteiger partial charge in [0, 0.05) is 5.38 Å². The number of rotatable bonds is 5. The predicted molar refractivity (Wildman–Crippen MR) is 54.6 cm³/mol. The van der Waals surface area contributed by atoms with Crippen LogP contribution in [-0.2, 0) is 0 Å². The molecule has 0 aliphatic rings. The van der Waals surface area contributed by atoms with E-state index in [4.69, 9.17) is 10.2 Å². The number of amides is 1. The number of carbonyl (C=O) groups is 1. The van der Waals surface area contributed by atoms with E-state index in [0.717, 1.165) is 11.5 Å². The molecule has 1 amide bonds. The fourth-order valence-corrected chi connectivity index (χ4v) is 1.45. The van der Waals surface area contributed by atoms with Gasteiger partial charge in [-0.3, -0.25) is 4.79 Å². The lowest BCUT2D eigenvalue weighted by atomic mass is 9.98. The number of aromatic nitrogens is 2. The van der Waals surface area contributed by atoms with Gasteiger partial charge in [0.2, 0.25) is 0 Å². The zero-order chi connectivity index (χ0) is 11.3. The Morgan fingerprint density at radius 2 is 2.27 bits per heavy atom. The SMILES string of the molecule is CCC(CO)(CO)NC(=O)c1csnn1. The number of nitrogens with one attached hydrogen (secondary N) is 1. The van der Waals surface area contributed by atoms with Gasteiger partial charge in [-0.15, -0.1) is 5.10 Å². The topological polar surface area (TPSA) is 95.3 Å². The van der Waals surface area contributed by atoms with Crippen molar-refractivity contribution in [2.75, 3.05) is 13.2 Å². The molecule has 84 valence electrons. The molecule has 1 aromatic heterocycles. The molecule has 0 fully saturated rings. The van der Waals surface area contributed by atoms with Crippen molar-refractivity contribution in [3.8, 4) is 0 Å². The average molecular weight is 231 g/mol. The second-order valence-electron chi connectivity index (χ2n) is 3.19. The summed E-state index contributed by atoms with van der Waals surface area (Å²) in [6, 6.07) is 0. The van der Waals surface area contributed by atoms with Crippen LogP contribution in [0.4, 0.5) is 0 Å². The second kappa shape index (κ2) is 5.15. The second-order valence-corrected chi connectivity index (χ2v) is 3.80. The summed E-state index contributed by atoms with van der Waals surface area (Å²) < 4.78 is 3.56. The standard InChI is InChI=1S/C8H13N3O3S/c1-2-8(4-12,5-13)9-7(14)6-3-15-11-10-6/h3,12-13H,2,4-5H2,1H3,(H,9,14). The molecule has 7 heteroatoms. The molecule has 0 aliphatic heterocycles. The summed E-state index contributed by atoms with van der Waals surface area (Å²) in [4.78, 5) is 11.6. The van der Waals surface area contributed by atoms with E-state index in [1.165, 1.54) is 5.38 Å². The molecule has 0 saturated heterocycles. The Balaban J connectivity index is 2.71. The fraction of sp³-hybridized carbons (Fsp3) is 0.625. The predicted octanol–water partition coefficient (Wildman–Crippen LogP) is -0.599. The highest BCUT2D eigenvalue weighted by Gasteiger charge is 2.29. The number of hydrogen-bond donors (Lipinski definition) is 3. The summed E-state index contributed by atoms with van der Waals surface area (Å²) in [6.07, 6.45) is 0.434. The molecule has 0 spiro atoms. The van der Waals surface area contributed by atoms with E-state index < -0.39 is 11.4 Å². The van der Waals surface area contributed by atoms with Gasteiger partial charge in [0.1, 0.15) is 0 Å². The van der Waals surface area contributed by atoms with Gasteiger partial charge >= 0.3 is 0 Å². The van der Waals surface area contributed by atoms with Crippen molar-refractivity contribution in [2.45, 2.75) is 18.9 Å². The first kappa shape index (κ1) is 12.0. The van der Waals surface area contributed by atoms with Crippen molar-refractivity contribution >= 4 is 17.4 Å². The zero-order valence-electron chi connectivity index (χ0n) is 8.30. The van der Waals surface area contributed by atoms with Crippen molar-refractivity contribution in [1.29, 1.82) is 0 Å². The van der Waals surface area contributed by atoms with Crippen LogP contribution in [0.3, 0.4) is 0 Å². The monoisotopic (exact) mass is 231 g/mol. The number of nitrogens with zero attached hydrogens (tertiary/aromatic N) is 2. The molecule has 1 aromatic rings. The van der Waals surface area contributed by atoms with Crippen LogP contribution in [0, 0.1) is 0 Å². The first-order chi connectivity index (χ1) is 7.17. The van der Waals surface area contributed by atoms with E-state index in [9.17, 15) is 4.79 Å². The van der Waals surface area contributed by atoms with Crippen LogP contribution < -0.4 is 5.32 Å². The van der Waals surface area contributed by atoms with Gasteiger partial charge in [-0.25, -0.2) is 0 Å². The van der Waals surface area contributed by atoms with Gasteiger partial charge in [0.25, 0.3) is 5.91 Å². The average Bonchev–Trinajstić information content (AvgIpc) is 2.79. The smallest absolute Gasteiger partial charge is 0.273 e. The van der Waals surface area contributed by atoms with Gasteiger partial charge in [0.15, 0.2) is 5.69 Å². The van der Waals surface area contributed by atoms with Crippen LogP contribution in [0.15, 0.2) is 5.38 Å². The van der Waals surface area contributed by atoms with Crippen molar-refractivity contribution < 1.29 is 15.0 Å². The van der Waals surface area contributed by atoms with Crippen LogP contribution in [0.25, 0.3) is 0 Å². The van der Waals surface area contributed by atoms with Crippen LogP contribution in [-0.4, -0.2) is 44.5 Å². The lowest BCUT2D eigenvalue weighted by Gasteiger charge is -2.29. The van der Waals surface area contributed by atoms with E-state index in [-0.39, 0.29) is 18.9 Å². The van der Waals surface area contributed by atoms with E-state index >= 15 is 0 Å². The zero-order valence-corrected chi connectivity index (χ0v) is 9.12. The van der Waals surface area contributed by atoms with E-state index in [1.54, 1.807) is 6.92 Å². The molecular weight excluding hydrogens is 218 g/mol. The molecule has 1 rings (SSSR count). The van der Waals surface area contributed by atoms with Gasteiger partial charge in [0.05, 0.1) is 18.8 Å². The number of aliphatic hydroxyl groups is 2. The van der Waals surface area contributed by atoms with Crippen LogP contribution in [0.2, 0.25) is 0 Å². The largest absolute Gasteiger partial charge is 0.394 e. The summed E-state index contributed by atoms with van der Waals surface area (Å²) in [7, 11) is 0. The van der Waals surface area contributed by atoms with E-state index in [2.05, 4.69) is 14.9 Å². The molecule has 3 N–H and O–H groups in total. The van der Waals surface area contributed by atoms with E-state index in [0.29, 0.717) is 6.42 Å². The third-order valence-corrected chi connectivity index (χ3v) is 2.76. The van der Waals surface area contributed by atoms with Crippen LogP contribution in [0.5, 0.6) is 0 Å². The molecule has 1 heterocycles. The first-order valence-electron chi connectivity index (χ1n) is 4.48. The molecule has 0 bridgehead atoms. The Morgan fingerprint density at radius 3 is 2.67 bits per heavy atom. The number of hydrogen-bond acceptors (Lipinski definition) is 6. The molecule has 6 nitrogen and oxygen atoms in total. The molecule has 0 aliphatic carbocycles. The Kier molecular flexibility index (Phi) is 4.13. The lowest BCUT2D eigenvalue weighted by Crippen LogP contribution is -2.53. The van der Waals surface area contributed by atoms with Crippen molar-refractivity contribution in [2.24, 2.45) is 0 Å². The third-order valence-electron chi connectivity index (χ3n) is 2.25. The minimum Gasteiger partial charge on any atom is -0.394 e. The van der Waals surface area contributed by atoms with Crippen LogP contribution >= 0.6 is 11.5 Å². The molecule has 0 aromatic carbocycles. The molecule has 0 radical (unpaired) electrons. The van der Waals surface area contributed by atoms with Crippen molar-refractivity contribution in [1.82, 2.24) is 14.9 Å². The Morgan fingerprint density at radius 1 is 1.60 bits per heavy atom. The summed E-state index contributed by atoms with van der Waals surface area (Å²) in [5, 5.41) is 25.9. The highest BCUT2D eigenvalue weighted by Crippen LogP contribution is 2.09. The summed E-state index contributed by atoms with van der Waals surface area (Å²) in [5.41, 5.74) is -0.791. The minimum atomic E-state index is -0.985. The Bertz CT molecular complexity index is 303. The summed E-state index contributed by atoms with van der Waals surface area (Å²) in [6.45, 7) is 1.14. The molecule has 15 heavy (non-hydrogen) atoms. The maximum absolute atomic E-state index is 11.6. The van der Waals surface area contributed by atoms with Gasteiger partial charge in [-0.1, -0.05) is 11.4 Å². The third kappa shape index (κ3) is 2.71. The normalized spacial score (nSPS) is 11.4. The fourth-order valence-electron chi connectivity index (χ4n) is 1.01. The van der Waals surface area contributed by atoms with E-state index in [1.807, 2.05) is 0 Å². The minimum absolute atomic E-state index is 0.194. The highest BCUT2D eigenvalue weighted by atomic mass is 32.1. The lowest BCUT2D eigenvalue weighted by molar-refractivity contribution is 0.0649. The Labute approximate surface area is 91.1 Å². The summed E-state index contributed by atoms with van der Waals surface area (Å²) >= 11 is 1.07. The molecular formula is C8H13N3O3S. The highest BCUT2D eigenvalue weighted by molar-refractivity contribution is 7.03. The van der Waals surface area contributed by atoms with Gasteiger partial charge < -0.3 is 15.5 Å². The summed E-state index contributed by atoms with van der Waals surface area (Å²) in [5.74, 6) is -0.436. The van der Waals surface area contributed by atoms with Crippen molar-refractivity contribution in [3.05, 3.63) is 11.1 Å². The number of carbonyl (C=O) groups excluding carboxylic acids is 1.